The summed E-state index contributed by atoms with van der Waals surface area (Å²) >= 11 is 0. The van der Waals surface area contributed by atoms with E-state index in [4.69, 9.17) is 14.7 Å². The molecule has 0 atom stereocenters. The third kappa shape index (κ3) is 6.67. The molecule has 0 saturated carbocycles. The number of aliphatic carboxylic acids is 1. The number of carbonyl (C=O) groups is 1. The van der Waals surface area contributed by atoms with Crippen LogP contribution in [0.3, 0.4) is 0 Å². The van der Waals surface area contributed by atoms with Crippen LogP contribution in [0.2, 0.25) is 0 Å². The Balaban J connectivity index is 1.80. The van der Waals surface area contributed by atoms with Crippen molar-refractivity contribution < 1.29 is 32.6 Å². The molecule has 0 radical (unpaired) electrons. The highest BCUT2D eigenvalue weighted by atomic mass is 19.4. The van der Waals surface area contributed by atoms with Gasteiger partial charge in [-0.15, -0.1) is 0 Å². The molecule has 2 rings (SSSR count). The highest BCUT2D eigenvalue weighted by Crippen LogP contribution is 2.29. The highest BCUT2D eigenvalue weighted by molar-refractivity contribution is 5.68. The van der Waals surface area contributed by atoms with Gasteiger partial charge in [-0.05, 0) is 54.0 Å². The van der Waals surface area contributed by atoms with Gasteiger partial charge in [0.25, 0.3) is 0 Å². The van der Waals surface area contributed by atoms with Crippen molar-refractivity contribution in [2.45, 2.75) is 19.7 Å². The van der Waals surface area contributed by atoms with Gasteiger partial charge in [-0.3, -0.25) is 10.3 Å². The Morgan fingerprint density at radius 1 is 1.19 bits per heavy atom. The van der Waals surface area contributed by atoms with E-state index < -0.39 is 24.3 Å². The van der Waals surface area contributed by atoms with Crippen molar-refractivity contribution in [3.05, 3.63) is 70.9 Å². The summed E-state index contributed by atoms with van der Waals surface area (Å²) in [5.74, 6) is -0.561. The molecule has 2 N–H and O–H groups in total. The largest absolute Gasteiger partial charge is 0.482 e. The quantitative estimate of drug-likeness (QED) is 0.531. The number of aryl methyl sites for hydroxylation is 1. The normalized spacial score (nSPS) is 11.6. The molecule has 0 aliphatic heterocycles. The number of halogens is 3. The Morgan fingerprint density at radius 2 is 1.89 bits per heavy atom. The van der Waals surface area contributed by atoms with Crippen LogP contribution in [0, 0.1) is 6.92 Å². The lowest BCUT2D eigenvalue weighted by Gasteiger charge is -2.08. The zero-order chi connectivity index (χ0) is 19.9. The van der Waals surface area contributed by atoms with E-state index in [1.807, 2.05) is 6.07 Å². The number of alkyl halides is 3. The van der Waals surface area contributed by atoms with Gasteiger partial charge in [-0.2, -0.15) is 13.2 Å². The van der Waals surface area contributed by atoms with E-state index in [1.165, 1.54) is 18.3 Å². The van der Waals surface area contributed by atoms with Gasteiger partial charge in [0, 0.05) is 6.20 Å². The average Bonchev–Trinajstić information content (AvgIpc) is 2.60. The summed E-state index contributed by atoms with van der Waals surface area (Å²) in [7, 11) is 0. The van der Waals surface area contributed by atoms with E-state index in [0.29, 0.717) is 11.3 Å². The molecule has 0 aromatic heterocycles. The molecule has 8 heteroatoms. The molecule has 0 saturated heterocycles. The standard InChI is InChI=1S/C19H18F3NO4/c1-13-10-14(4-7-17(13)26-12-18(24)25)8-9-23-27-11-15-2-5-16(6-3-15)19(20,21)22/h2-10,23H,11-12H2,1H3,(H,24,25). The van der Waals surface area contributed by atoms with Crippen molar-refractivity contribution in [1.29, 1.82) is 0 Å². The fourth-order valence-corrected chi connectivity index (χ4v) is 2.17. The van der Waals surface area contributed by atoms with Crippen LogP contribution >= 0.6 is 0 Å². The fourth-order valence-electron chi connectivity index (χ4n) is 2.17. The number of carboxylic acids is 1. The summed E-state index contributed by atoms with van der Waals surface area (Å²) in [6, 6.07) is 9.95. The predicted octanol–water partition coefficient (Wildman–Crippen LogP) is 4.17. The van der Waals surface area contributed by atoms with E-state index in [9.17, 15) is 18.0 Å². The molecule has 0 bridgehead atoms. The maximum Gasteiger partial charge on any atom is 0.416 e. The van der Waals surface area contributed by atoms with Crippen LogP contribution in [0.25, 0.3) is 6.08 Å². The predicted molar refractivity (Wildman–Crippen MR) is 92.7 cm³/mol. The van der Waals surface area contributed by atoms with Gasteiger partial charge < -0.3 is 9.84 Å². The topological polar surface area (TPSA) is 67.8 Å². The molecule has 2 aromatic carbocycles. The third-order valence-corrected chi connectivity index (χ3v) is 3.50. The molecule has 0 heterocycles. The van der Waals surface area contributed by atoms with Crippen molar-refractivity contribution in [3.8, 4) is 5.75 Å². The molecule has 144 valence electrons. The molecule has 5 nitrogen and oxygen atoms in total. The second-order valence-corrected chi connectivity index (χ2v) is 5.64. The minimum Gasteiger partial charge on any atom is -0.482 e. The number of rotatable bonds is 8. The van der Waals surface area contributed by atoms with Crippen LogP contribution in [0.1, 0.15) is 22.3 Å². The Bertz CT molecular complexity index is 802. The van der Waals surface area contributed by atoms with E-state index in [2.05, 4.69) is 5.48 Å². The minimum absolute atomic E-state index is 0.101. The number of hydrogen-bond donors (Lipinski definition) is 2. The lowest BCUT2D eigenvalue weighted by Crippen LogP contribution is -2.10. The Morgan fingerprint density at radius 3 is 2.48 bits per heavy atom. The average molecular weight is 381 g/mol. The van der Waals surface area contributed by atoms with Crippen molar-refractivity contribution in [2.75, 3.05) is 6.61 Å². The first-order chi connectivity index (χ1) is 12.8. The van der Waals surface area contributed by atoms with Crippen molar-refractivity contribution in [1.82, 2.24) is 5.48 Å². The summed E-state index contributed by atoms with van der Waals surface area (Å²) in [4.78, 5) is 15.7. The second kappa shape index (κ2) is 9.09. The third-order valence-electron chi connectivity index (χ3n) is 3.50. The first-order valence-electron chi connectivity index (χ1n) is 7.91. The van der Waals surface area contributed by atoms with E-state index in [-0.39, 0.29) is 6.61 Å². The van der Waals surface area contributed by atoms with Gasteiger partial charge in [0.1, 0.15) is 5.75 Å². The van der Waals surface area contributed by atoms with Gasteiger partial charge in [0.05, 0.1) is 12.2 Å². The SMILES string of the molecule is Cc1cc(C=CNOCc2ccc(C(F)(F)F)cc2)ccc1OCC(=O)O. The Hall–Kier alpha value is -3.00. The maximum atomic E-state index is 12.5. The van der Waals surface area contributed by atoms with Gasteiger partial charge in [-0.1, -0.05) is 18.2 Å². The molecular weight excluding hydrogens is 363 g/mol. The fraction of sp³-hybridized carbons (Fsp3) is 0.211. The monoisotopic (exact) mass is 381 g/mol. The lowest BCUT2D eigenvalue weighted by molar-refractivity contribution is -0.139. The van der Waals surface area contributed by atoms with E-state index >= 15 is 0 Å². The number of benzene rings is 2. The van der Waals surface area contributed by atoms with Crippen LogP contribution in [-0.2, 0) is 22.4 Å². The number of carboxylic acid groups (broad SMARTS) is 1. The molecule has 0 aliphatic carbocycles. The summed E-state index contributed by atoms with van der Waals surface area (Å²) < 4.78 is 42.6. The second-order valence-electron chi connectivity index (χ2n) is 5.64. The Kier molecular flexibility index (Phi) is 6.84. The van der Waals surface area contributed by atoms with Crippen molar-refractivity contribution in [2.24, 2.45) is 0 Å². The summed E-state index contributed by atoms with van der Waals surface area (Å²) in [5.41, 5.74) is 4.10. The molecule has 0 spiro atoms. The van der Waals surface area contributed by atoms with Crippen molar-refractivity contribution >= 4 is 12.0 Å². The zero-order valence-corrected chi connectivity index (χ0v) is 14.4. The van der Waals surface area contributed by atoms with Crippen LogP contribution < -0.4 is 10.2 Å². The summed E-state index contributed by atoms with van der Waals surface area (Å²) in [6.07, 6.45) is -1.09. The zero-order valence-electron chi connectivity index (χ0n) is 14.4. The lowest BCUT2D eigenvalue weighted by atomic mass is 10.1. The smallest absolute Gasteiger partial charge is 0.416 e. The van der Waals surface area contributed by atoms with Gasteiger partial charge >= 0.3 is 12.1 Å². The van der Waals surface area contributed by atoms with Crippen LogP contribution in [-0.4, -0.2) is 17.7 Å². The number of hydroxylamine groups is 1. The first kappa shape index (κ1) is 20.3. The summed E-state index contributed by atoms with van der Waals surface area (Å²) in [5, 5.41) is 8.61. The minimum atomic E-state index is -4.35. The summed E-state index contributed by atoms with van der Waals surface area (Å²) in [6.45, 7) is 1.49. The molecule has 0 amide bonds. The maximum absolute atomic E-state index is 12.5. The van der Waals surface area contributed by atoms with Gasteiger partial charge in [-0.25, -0.2) is 4.79 Å². The molecular formula is C19H18F3NO4. The number of nitrogens with one attached hydrogen (secondary N) is 1. The van der Waals surface area contributed by atoms with Crippen LogP contribution in [0.4, 0.5) is 13.2 Å². The number of hydrogen-bond acceptors (Lipinski definition) is 4. The van der Waals surface area contributed by atoms with Crippen LogP contribution in [0.5, 0.6) is 5.75 Å². The number of ether oxygens (including phenoxy) is 1. The molecule has 0 unspecified atom stereocenters. The molecule has 2 aromatic rings. The van der Waals surface area contributed by atoms with Crippen LogP contribution in [0.15, 0.2) is 48.7 Å². The molecule has 27 heavy (non-hydrogen) atoms. The van der Waals surface area contributed by atoms with Crippen molar-refractivity contribution in [3.63, 3.8) is 0 Å². The molecule has 0 fully saturated rings. The van der Waals surface area contributed by atoms with Gasteiger partial charge in [0.2, 0.25) is 0 Å². The Labute approximate surface area is 154 Å². The molecule has 0 aliphatic rings. The highest BCUT2D eigenvalue weighted by Gasteiger charge is 2.29. The first-order valence-corrected chi connectivity index (χ1v) is 7.91. The van der Waals surface area contributed by atoms with E-state index in [1.54, 1.807) is 25.1 Å². The van der Waals surface area contributed by atoms with Gasteiger partial charge in [0.15, 0.2) is 6.61 Å². The van der Waals surface area contributed by atoms with E-state index in [0.717, 1.165) is 23.3 Å².